The van der Waals surface area contributed by atoms with Gasteiger partial charge in [-0.2, -0.15) is 5.26 Å². The summed E-state index contributed by atoms with van der Waals surface area (Å²) in [5.41, 5.74) is 0.349. The van der Waals surface area contributed by atoms with Crippen LogP contribution in [0.5, 0.6) is 0 Å². The molecule has 5 heteroatoms. The molecule has 1 aromatic rings. The molecule has 0 amide bonds. The van der Waals surface area contributed by atoms with Gasteiger partial charge in [0.2, 0.25) is 0 Å². The third-order valence-electron chi connectivity index (χ3n) is 1.64. The minimum absolute atomic E-state index is 0.0758. The van der Waals surface area contributed by atoms with E-state index in [-0.39, 0.29) is 16.1 Å². The molecule has 0 aliphatic rings. The Morgan fingerprint density at radius 3 is 2.79 bits per heavy atom. The van der Waals surface area contributed by atoms with Gasteiger partial charge in [-0.3, -0.25) is 0 Å². The number of nitriles is 1. The SMILES string of the molecule is COC(=O)c1ccc(S)c(C#N)c1Cl. The molecule has 0 aromatic heterocycles. The van der Waals surface area contributed by atoms with Gasteiger partial charge in [0.15, 0.2) is 0 Å². The van der Waals surface area contributed by atoms with E-state index in [1.54, 1.807) is 0 Å². The largest absolute Gasteiger partial charge is 0.465 e. The maximum absolute atomic E-state index is 11.2. The number of hydrogen-bond donors (Lipinski definition) is 1. The molecule has 0 atom stereocenters. The maximum Gasteiger partial charge on any atom is 0.339 e. The fourth-order valence-electron chi connectivity index (χ4n) is 0.940. The molecule has 3 nitrogen and oxygen atoms in total. The number of halogens is 1. The minimum atomic E-state index is -0.570. The van der Waals surface area contributed by atoms with Crippen LogP contribution >= 0.6 is 24.2 Å². The molecule has 0 saturated carbocycles. The second-order valence-corrected chi connectivity index (χ2v) is 3.28. The summed E-state index contributed by atoms with van der Waals surface area (Å²) in [4.78, 5) is 11.6. The molecule has 0 radical (unpaired) electrons. The molecule has 0 fully saturated rings. The average Bonchev–Trinajstić information content (AvgIpc) is 2.18. The second kappa shape index (κ2) is 4.36. The number of nitrogens with zero attached hydrogens (tertiary/aromatic N) is 1. The topological polar surface area (TPSA) is 50.1 Å². The van der Waals surface area contributed by atoms with Gasteiger partial charge in [-0.15, -0.1) is 12.6 Å². The van der Waals surface area contributed by atoms with Crippen LogP contribution in [0.15, 0.2) is 17.0 Å². The molecule has 1 aromatic carbocycles. The van der Waals surface area contributed by atoms with Crippen molar-refractivity contribution in [2.75, 3.05) is 7.11 Å². The van der Waals surface area contributed by atoms with E-state index >= 15 is 0 Å². The summed E-state index contributed by atoms with van der Waals surface area (Å²) in [6, 6.07) is 4.86. The normalized spacial score (nSPS) is 9.29. The van der Waals surface area contributed by atoms with E-state index in [1.807, 2.05) is 6.07 Å². The van der Waals surface area contributed by atoms with E-state index in [9.17, 15) is 4.79 Å². The van der Waals surface area contributed by atoms with Crippen molar-refractivity contribution in [1.82, 2.24) is 0 Å². The van der Waals surface area contributed by atoms with Crippen LogP contribution in [-0.2, 0) is 4.74 Å². The fraction of sp³-hybridized carbons (Fsp3) is 0.111. The molecule has 0 N–H and O–H groups in total. The zero-order valence-corrected chi connectivity index (χ0v) is 8.89. The van der Waals surface area contributed by atoms with Crippen LogP contribution < -0.4 is 0 Å². The predicted octanol–water partition coefficient (Wildman–Crippen LogP) is 2.29. The first-order valence-electron chi connectivity index (χ1n) is 3.61. The summed E-state index contributed by atoms with van der Waals surface area (Å²) in [5, 5.41) is 8.82. The molecule has 0 heterocycles. The number of esters is 1. The number of benzene rings is 1. The van der Waals surface area contributed by atoms with Crippen LogP contribution in [-0.4, -0.2) is 13.1 Å². The standard InChI is InChI=1S/C9H6ClNO2S/c1-13-9(12)5-2-3-7(14)6(4-11)8(5)10/h2-3,14H,1H3. The van der Waals surface area contributed by atoms with Crippen LogP contribution in [0, 0.1) is 11.3 Å². The summed E-state index contributed by atoms with van der Waals surface area (Å²) in [6.45, 7) is 0. The van der Waals surface area contributed by atoms with Gasteiger partial charge in [0.1, 0.15) is 6.07 Å². The molecule has 0 aliphatic heterocycles. The highest BCUT2D eigenvalue weighted by atomic mass is 35.5. The monoisotopic (exact) mass is 227 g/mol. The molecule has 14 heavy (non-hydrogen) atoms. The highest BCUT2D eigenvalue weighted by Crippen LogP contribution is 2.26. The van der Waals surface area contributed by atoms with Crippen molar-refractivity contribution >= 4 is 30.2 Å². The highest BCUT2D eigenvalue weighted by molar-refractivity contribution is 7.80. The van der Waals surface area contributed by atoms with Crippen LogP contribution in [0.3, 0.4) is 0 Å². The van der Waals surface area contributed by atoms with E-state index in [0.29, 0.717) is 4.90 Å². The smallest absolute Gasteiger partial charge is 0.339 e. The number of thiol groups is 1. The van der Waals surface area contributed by atoms with Crippen molar-refractivity contribution in [3.05, 3.63) is 28.3 Å². The van der Waals surface area contributed by atoms with E-state index in [2.05, 4.69) is 17.4 Å². The molecule has 0 spiro atoms. The Kier molecular flexibility index (Phi) is 3.39. The number of carbonyl (C=O) groups is 1. The molecule has 0 unspecified atom stereocenters. The van der Waals surface area contributed by atoms with Crippen molar-refractivity contribution in [2.24, 2.45) is 0 Å². The summed E-state index contributed by atoms with van der Waals surface area (Å²) in [6.07, 6.45) is 0. The Bertz CT molecular complexity index is 426. The Balaban J connectivity index is 3.37. The number of rotatable bonds is 1. The van der Waals surface area contributed by atoms with Crippen LogP contribution in [0.25, 0.3) is 0 Å². The number of carbonyl (C=O) groups excluding carboxylic acids is 1. The third kappa shape index (κ3) is 1.84. The highest BCUT2D eigenvalue weighted by Gasteiger charge is 2.15. The third-order valence-corrected chi connectivity index (χ3v) is 2.40. The van der Waals surface area contributed by atoms with Gasteiger partial charge < -0.3 is 4.74 Å². The van der Waals surface area contributed by atoms with Crippen molar-refractivity contribution in [3.8, 4) is 6.07 Å². The molecular weight excluding hydrogens is 222 g/mol. The molecule has 1 rings (SSSR count). The lowest BCUT2D eigenvalue weighted by Gasteiger charge is -2.04. The summed E-state index contributed by atoms with van der Waals surface area (Å²) in [7, 11) is 1.25. The molecule has 0 aliphatic carbocycles. The van der Waals surface area contributed by atoms with Crippen LogP contribution in [0.2, 0.25) is 5.02 Å². The van der Waals surface area contributed by atoms with Crippen LogP contribution in [0.1, 0.15) is 15.9 Å². The van der Waals surface area contributed by atoms with Gasteiger partial charge in [-0.1, -0.05) is 11.6 Å². The zero-order chi connectivity index (χ0) is 10.7. The number of hydrogen-bond acceptors (Lipinski definition) is 4. The van der Waals surface area contributed by atoms with E-state index < -0.39 is 5.97 Å². The lowest BCUT2D eigenvalue weighted by molar-refractivity contribution is 0.0601. The first-order valence-corrected chi connectivity index (χ1v) is 4.44. The van der Waals surface area contributed by atoms with Crippen molar-refractivity contribution in [3.63, 3.8) is 0 Å². The van der Waals surface area contributed by atoms with Crippen molar-refractivity contribution < 1.29 is 9.53 Å². The van der Waals surface area contributed by atoms with Crippen molar-refractivity contribution in [1.29, 1.82) is 5.26 Å². The molecular formula is C9H6ClNO2S. The quantitative estimate of drug-likeness (QED) is 0.592. The summed E-state index contributed by atoms with van der Waals surface area (Å²) >= 11 is 9.85. The van der Waals surface area contributed by atoms with Gasteiger partial charge >= 0.3 is 5.97 Å². The Hall–Kier alpha value is -1.18. The van der Waals surface area contributed by atoms with Crippen LogP contribution in [0.4, 0.5) is 0 Å². The maximum atomic E-state index is 11.2. The Labute approximate surface area is 91.7 Å². The zero-order valence-electron chi connectivity index (χ0n) is 7.24. The van der Waals surface area contributed by atoms with Gasteiger partial charge in [0.05, 0.1) is 23.3 Å². The Morgan fingerprint density at radius 2 is 2.29 bits per heavy atom. The second-order valence-electron chi connectivity index (χ2n) is 2.42. The minimum Gasteiger partial charge on any atom is -0.465 e. The first-order chi connectivity index (χ1) is 6.61. The average molecular weight is 228 g/mol. The molecule has 0 bridgehead atoms. The fourth-order valence-corrected chi connectivity index (χ4v) is 1.53. The van der Waals surface area contributed by atoms with Gasteiger partial charge in [-0.25, -0.2) is 4.79 Å². The van der Waals surface area contributed by atoms with E-state index in [4.69, 9.17) is 16.9 Å². The number of methoxy groups -OCH3 is 1. The van der Waals surface area contributed by atoms with Crippen molar-refractivity contribution in [2.45, 2.75) is 4.90 Å². The van der Waals surface area contributed by atoms with Gasteiger partial charge in [-0.05, 0) is 12.1 Å². The van der Waals surface area contributed by atoms with E-state index in [0.717, 1.165) is 0 Å². The Morgan fingerprint density at radius 1 is 1.64 bits per heavy atom. The van der Waals surface area contributed by atoms with E-state index in [1.165, 1.54) is 19.2 Å². The first kappa shape index (κ1) is 10.9. The molecule has 72 valence electrons. The lowest BCUT2D eigenvalue weighted by Crippen LogP contribution is -2.03. The number of ether oxygens (including phenoxy) is 1. The summed E-state index contributed by atoms with van der Waals surface area (Å²) < 4.78 is 4.50. The lowest BCUT2D eigenvalue weighted by atomic mass is 10.1. The predicted molar refractivity (Wildman–Crippen MR) is 54.8 cm³/mol. The van der Waals surface area contributed by atoms with Gasteiger partial charge in [0.25, 0.3) is 0 Å². The summed E-state index contributed by atoms with van der Waals surface area (Å²) in [5.74, 6) is -0.570. The van der Waals surface area contributed by atoms with Gasteiger partial charge in [0, 0.05) is 4.90 Å². The molecule has 0 saturated heterocycles.